The number of aromatic nitrogens is 2. The Hall–Kier alpha value is -2.94. The number of piperidine rings is 1. The summed E-state index contributed by atoms with van der Waals surface area (Å²) in [6.45, 7) is 3.13. The summed E-state index contributed by atoms with van der Waals surface area (Å²) in [5.74, 6) is 1.23. The molecule has 2 heterocycles. The highest BCUT2D eigenvalue weighted by atomic mass is 16.6. The minimum absolute atomic E-state index is 0.113. The van der Waals surface area contributed by atoms with E-state index >= 15 is 0 Å². The molecule has 0 aliphatic carbocycles. The van der Waals surface area contributed by atoms with E-state index in [9.17, 15) is 15.2 Å². The molecule has 9 heteroatoms. The van der Waals surface area contributed by atoms with Crippen molar-refractivity contribution in [1.29, 1.82) is 0 Å². The van der Waals surface area contributed by atoms with Crippen LogP contribution in [0.2, 0.25) is 0 Å². The third-order valence-electron chi connectivity index (χ3n) is 5.14. The van der Waals surface area contributed by atoms with Crippen molar-refractivity contribution in [2.45, 2.75) is 51.5 Å². The Morgan fingerprint density at radius 3 is 2.90 bits per heavy atom. The number of benzene rings is 1. The van der Waals surface area contributed by atoms with Crippen LogP contribution >= 0.6 is 0 Å². The maximum atomic E-state index is 11.2. The summed E-state index contributed by atoms with van der Waals surface area (Å²) in [7, 11) is 0. The molecular formula is C20H28N6O3. The predicted molar refractivity (Wildman–Crippen MR) is 114 cm³/mol. The van der Waals surface area contributed by atoms with Gasteiger partial charge in [0.05, 0.1) is 4.92 Å². The highest BCUT2D eigenvalue weighted by Crippen LogP contribution is 2.29. The Kier molecular flexibility index (Phi) is 6.82. The molecule has 0 bridgehead atoms. The molecule has 1 fully saturated rings. The molecule has 0 amide bonds. The van der Waals surface area contributed by atoms with Gasteiger partial charge in [-0.05, 0) is 44.2 Å². The number of hydrogen-bond acceptors (Lipinski definition) is 8. The first-order valence-corrected chi connectivity index (χ1v) is 10.1. The Labute approximate surface area is 170 Å². The molecule has 9 nitrogen and oxygen atoms in total. The standard InChI is InChI=1S/C20H28N6O3/c1-2-5-14-13-19(25-10-4-3-6-16(25)9-11-27)24-20(22-14)23-15-7-8-17(21)18(12-15)26(28)29/h7-8,12-13,16,27H,2-6,9-11,21H2,1H3,(H,22,23,24). The predicted octanol–water partition coefficient (Wildman–Crippen LogP) is 3.40. The van der Waals surface area contributed by atoms with E-state index in [0.29, 0.717) is 18.1 Å². The fraction of sp³-hybridized carbons (Fsp3) is 0.500. The Morgan fingerprint density at radius 1 is 1.34 bits per heavy atom. The molecule has 1 unspecified atom stereocenters. The van der Waals surface area contributed by atoms with Gasteiger partial charge in [-0.2, -0.15) is 4.98 Å². The summed E-state index contributed by atoms with van der Waals surface area (Å²) < 4.78 is 0. The number of aliphatic hydroxyl groups excluding tert-OH is 1. The number of aliphatic hydroxyl groups is 1. The second-order valence-corrected chi connectivity index (χ2v) is 7.30. The lowest BCUT2D eigenvalue weighted by Gasteiger charge is -2.36. The molecule has 156 valence electrons. The molecule has 0 radical (unpaired) electrons. The number of nitro groups is 1. The fourth-order valence-electron chi connectivity index (χ4n) is 3.73. The van der Waals surface area contributed by atoms with Crippen molar-refractivity contribution in [1.82, 2.24) is 9.97 Å². The highest BCUT2D eigenvalue weighted by Gasteiger charge is 2.24. The van der Waals surface area contributed by atoms with Crippen molar-refractivity contribution in [3.8, 4) is 0 Å². The van der Waals surface area contributed by atoms with Crippen LogP contribution in [0, 0.1) is 10.1 Å². The van der Waals surface area contributed by atoms with Crippen LogP contribution in [0.25, 0.3) is 0 Å². The van der Waals surface area contributed by atoms with Crippen molar-refractivity contribution < 1.29 is 10.0 Å². The summed E-state index contributed by atoms with van der Waals surface area (Å²) >= 11 is 0. The van der Waals surface area contributed by atoms with E-state index in [1.165, 1.54) is 12.1 Å². The normalized spacial score (nSPS) is 16.6. The third kappa shape index (κ3) is 5.11. The molecule has 0 spiro atoms. The minimum Gasteiger partial charge on any atom is -0.396 e. The first kappa shape index (κ1) is 20.8. The number of nitrogens with one attached hydrogen (secondary N) is 1. The molecule has 1 atom stereocenters. The van der Waals surface area contributed by atoms with E-state index in [4.69, 9.17) is 5.73 Å². The Morgan fingerprint density at radius 2 is 2.17 bits per heavy atom. The van der Waals surface area contributed by atoms with Crippen molar-refractivity contribution in [3.63, 3.8) is 0 Å². The van der Waals surface area contributed by atoms with Crippen LogP contribution in [0.4, 0.5) is 28.8 Å². The second kappa shape index (κ2) is 9.51. The molecule has 2 aromatic rings. The van der Waals surface area contributed by atoms with Gasteiger partial charge in [-0.25, -0.2) is 4.98 Å². The number of nitrogens with two attached hydrogens (primary N) is 1. The van der Waals surface area contributed by atoms with Crippen molar-refractivity contribution in [3.05, 3.63) is 40.1 Å². The second-order valence-electron chi connectivity index (χ2n) is 7.30. The summed E-state index contributed by atoms with van der Waals surface area (Å²) in [4.78, 5) is 22.2. The molecule has 3 rings (SSSR count). The van der Waals surface area contributed by atoms with Gasteiger partial charge in [-0.1, -0.05) is 13.3 Å². The number of hydrogen-bond donors (Lipinski definition) is 3. The average molecular weight is 400 g/mol. The molecule has 1 aromatic heterocycles. The summed E-state index contributed by atoms with van der Waals surface area (Å²) in [5.41, 5.74) is 7.07. The zero-order valence-electron chi connectivity index (χ0n) is 16.7. The maximum absolute atomic E-state index is 11.2. The van der Waals surface area contributed by atoms with Crippen molar-refractivity contribution >= 4 is 28.8 Å². The van der Waals surface area contributed by atoms with Crippen molar-refractivity contribution in [2.24, 2.45) is 0 Å². The van der Waals surface area contributed by atoms with Crippen LogP contribution in [0.3, 0.4) is 0 Å². The SMILES string of the molecule is CCCc1cc(N2CCCCC2CCO)nc(Nc2ccc(N)c([N+](=O)[O-])c2)n1. The van der Waals surface area contributed by atoms with E-state index < -0.39 is 4.92 Å². The van der Waals surface area contributed by atoms with E-state index in [-0.39, 0.29) is 24.0 Å². The third-order valence-corrected chi connectivity index (χ3v) is 5.14. The number of nitrogen functional groups attached to an aromatic ring is 1. The largest absolute Gasteiger partial charge is 0.396 e. The first-order chi connectivity index (χ1) is 14.0. The van der Waals surface area contributed by atoms with E-state index in [2.05, 4.69) is 27.1 Å². The number of anilines is 4. The zero-order chi connectivity index (χ0) is 20.8. The zero-order valence-corrected chi connectivity index (χ0v) is 16.7. The Balaban J connectivity index is 1.92. The highest BCUT2D eigenvalue weighted by molar-refractivity contribution is 5.68. The molecule has 1 aliphatic heterocycles. The van der Waals surface area contributed by atoms with Crippen LogP contribution < -0.4 is 16.0 Å². The number of nitro benzene ring substituents is 1. The van der Waals surface area contributed by atoms with Gasteiger partial charge in [-0.3, -0.25) is 10.1 Å². The summed E-state index contributed by atoms with van der Waals surface area (Å²) in [6.07, 6.45) is 5.73. The summed E-state index contributed by atoms with van der Waals surface area (Å²) in [5, 5.41) is 23.7. The number of nitrogens with zero attached hydrogens (tertiary/aromatic N) is 4. The van der Waals surface area contributed by atoms with E-state index in [1.807, 2.05) is 6.07 Å². The van der Waals surface area contributed by atoms with E-state index in [1.54, 1.807) is 6.07 Å². The molecule has 1 aromatic carbocycles. The lowest BCUT2D eigenvalue weighted by atomic mass is 9.99. The molecule has 1 aliphatic rings. The van der Waals surface area contributed by atoms with Crippen LogP contribution in [0.5, 0.6) is 0 Å². The van der Waals surface area contributed by atoms with Gasteiger partial charge in [0.25, 0.3) is 5.69 Å². The lowest BCUT2D eigenvalue weighted by Crippen LogP contribution is -2.40. The first-order valence-electron chi connectivity index (χ1n) is 10.1. The van der Waals surface area contributed by atoms with Gasteiger partial charge in [0, 0.05) is 42.7 Å². The van der Waals surface area contributed by atoms with Crippen molar-refractivity contribution in [2.75, 3.05) is 29.1 Å². The maximum Gasteiger partial charge on any atom is 0.294 e. The van der Waals surface area contributed by atoms with Gasteiger partial charge in [0.15, 0.2) is 0 Å². The average Bonchev–Trinajstić information content (AvgIpc) is 2.70. The Bertz CT molecular complexity index is 858. The minimum atomic E-state index is -0.506. The number of aryl methyl sites for hydroxylation is 1. The van der Waals surface area contributed by atoms with Gasteiger partial charge in [0.2, 0.25) is 5.95 Å². The lowest BCUT2D eigenvalue weighted by molar-refractivity contribution is -0.383. The smallest absolute Gasteiger partial charge is 0.294 e. The monoisotopic (exact) mass is 400 g/mol. The van der Waals surface area contributed by atoms with Gasteiger partial charge >= 0.3 is 0 Å². The fourth-order valence-corrected chi connectivity index (χ4v) is 3.73. The van der Waals surface area contributed by atoms with E-state index in [0.717, 1.165) is 50.2 Å². The quantitative estimate of drug-likeness (QED) is 0.349. The van der Waals surface area contributed by atoms with Crippen LogP contribution in [0.15, 0.2) is 24.3 Å². The van der Waals surface area contributed by atoms with Crippen LogP contribution in [0.1, 0.15) is 44.7 Å². The molecular weight excluding hydrogens is 372 g/mol. The van der Waals surface area contributed by atoms with Crippen LogP contribution in [-0.2, 0) is 6.42 Å². The molecule has 29 heavy (non-hydrogen) atoms. The van der Waals surface area contributed by atoms with Gasteiger partial charge < -0.3 is 21.1 Å². The topological polar surface area (TPSA) is 130 Å². The van der Waals surface area contributed by atoms with Gasteiger partial charge in [0.1, 0.15) is 11.5 Å². The van der Waals surface area contributed by atoms with Gasteiger partial charge in [-0.15, -0.1) is 0 Å². The van der Waals surface area contributed by atoms with Crippen LogP contribution in [-0.4, -0.2) is 39.2 Å². The molecule has 4 N–H and O–H groups in total. The summed E-state index contributed by atoms with van der Waals surface area (Å²) in [6, 6.07) is 6.83. The molecule has 1 saturated heterocycles. The number of rotatable bonds is 8. The molecule has 0 saturated carbocycles.